The van der Waals surface area contributed by atoms with Gasteiger partial charge in [-0.05, 0) is 0 Å². The van der Waals surface area contributed by atoms with Gasteiger partial charge < -0.3 is 0 Å². The average Bonchev–Trinajstić information content (AvgIpc) is 3.41. The molecular weight excluding hydrogens is 541 g/mol. The van der Waals surface area contributed by atoms with Crippen LogP contribution in [0.5, 0.6) is 0 Å². The van der Waals surface area contributed by atoms with Crippen molar-refractivity contribution in [2.24, 2.45) is 0 Å². The van der Waals surface area contributed by atoms with Crippen LogP contribution >= 0.6 is 0 Å². The molecule has 7 aromatic rings. The van der Waals surface area contributed by atoms with E-state index in [2.05, 4.69) is 143 Å². The minimum atomic E-state index is 0.124. The third-order valence-electron chi connectivity index (χ3n) is 7.01. The quantitative estimate of drug-likeness (QED) is 0.197. The van der Waals surface area contributed by atoms with E-state index in [0.717, 1.165) is 22.4 Å². The standard InChI is InChI=1S/C35H23N3Se/c1-4-12-24(13-5-1)27-20-21-29(34(30-22-23-36-38-37-30)32(27)25-14-6-2-7-15-25)35-33(26-16-8-3-9-17-26)28-18-10-11-19-31(28)39-35/h1-23H. The maximum atomic E-state index is 4.57. The number of fused-ring (bicyclic) bond motifs is 1. The first kappa shape index (κ1) is 23.5. The maximum absolute atomic E-state index is 4.57. The molecular formula is C35H23N3Se. The van der Waals surface area contributed by atoms with Gasteiger partial charge in [0.15, 0.2) is 0 Å². The molecule has 7 rings (SSSR count). The fraction of sp³-hybridized carbons (Fsp3) is 0. The number of hydrogen-bond acceptors (Lipinski definition) is 3. The summed E-state index contributed by atoms with van der Waals surface area (Å²) in [5.41, 5.74) is 10.3. The summed E-state index contributed by atoms with van der Waals surface area (Å²) in [5.74, 6) is 0. The number of nitrogens with zero attached hydrogens (tertiary/aromatic N) is 3. The van der Waals surface area contributed by atoms with Gasteiger partial charge in [0.05, 0.1) is 0 Å². The van der Waals surface area contributed by atoms with Gasteiger partial charge in [0, 0.05) is 0 Å². The third-order valence-corrected chi connectivity index (χ3v) is 9.54. The Morgan fingerprint density at radius 1 is 0.462 bits per heavy atom. The first-order chi connectivity index (χ1) is 19.4. The van der Waals surface area contributed by atoms with Gasteiger partial charge in [-0.15, -0.1) is 0 Å². The monoisotopic (exact) mass is 565 g/mol. The molecule has 39 heavy (non-hydrogen) atoms. The Balaban J connectivity index is 1.63. The first-order valence-electron chi connectivity index (χ1n) is 12.9. The van der Waals surface area contributed by atoms with Gasteiger partial charge in [0.25, 0.3) is 0 Å². The number of hydrogen-bond donors (Lipinski definition) is 0. The molecule has 0 N–H and O–H groups in total. The predicted octanol–water partition coefficient (Wildman–Crippen LogP) is 8.42. The van der Waals surface area contributed by atoms with E-state index in [-0.39, 0.29) is 14.5 Å². The molecule has 4 heteroatoms. The van der Waals surface area contributed by atoms with Crippen molar-refractivity contribution in [2.45, 2.75) is 0 Å². The summed E-state index contributed by atoms with van der Waals surface area (Å²) < 4.78 is 2.76. The van der Waals surface area contributed by atoms with Crippen LogP contribution in [0.15, 0.2) is 140 Å². The van der Waals surface area contributed by atoms with Crippen molar-refractivity contribution >= 4 is 24.1 Å². The zero-order valence-corrected chi connectivity index (χ0v) is 22.7. The second kappa shape index (κ2) is 10.3. The van der Waals surface area contributed by atoms with Crippen molar-refractivity contribution in [3.63, 3.8) is 0 Å². The normalized spacial score (nSPS) is 11.1. The molecule has 0 atom stereocenters. The molecule has 0 unspecified atom stereocenters. The van der Waals surface area contributed by atoms with Gasteiger partial charge in [-0.2, -0.15) is 0 Å². The van der Waals surface area contributed by atoms with E-state index in [4.69, 9.17) is 0 Å². The molecule has 3 nitrogen and oxygen atoms in total. The summed E-state index contributed by atoms with van der Waals surface area (Å²) >= 11 is 0.124. The van der Waals surface area contributed by atoms with Crippen LogP contribution in [0.2, 0.25) is 0 Å². The van der Waals surface area contributed by atoms with Gasteiger partial charge in [0.1, 0.15) is 0 Å². The summed E-state index contributed by atoms with van der Waals surface area (Å²) in [7, 11) is 0. The zero-order valence-electron chi connectivity index (χ0n) is 21.0. The van der Waals surface area contributed by atoms with Crippen molar-refractivity contribution in [3.05, 3.63) is 140 Å². The van der Waals surface area contributed by atoms with Crippen LogP contribution in [0.1, 0.15) is 0 Å². The van der Waals surface area contributed by atoms with Crippen LogP contribution in [0.4, 0.5) is 0 Å². The number of aromatic nitrogens is 3. The van der Waals surface area contributed by atoms with Gasteiger partial charge in [-0.25, -0.2) is 0 Å². The molecule has 2 aromatic heterocycles. The molecule has 0 saturated heterocycles. The Labute approximate surface area is 233 Å². The van der Waals surface area contributed by atoms with Crippen LogP contribution in [-0.4, -0.2) is 29.9 Å². The van der Waals surface area contributed by atoms with Crippen molar-refractivity contribution in [1.82, 2.24) is 15.4 Å². The van der Waals surface area contributed by atoms with Gasteiger partial charge >= 0.3 is 234 Å². The summed E-state index contributed by atoms with van der Waals surface area (Å²) in [6, 6.07) is 47.4. The summed E-state index contributed by atoms with van der Waals surface area (Å²) in [6.45, 7) is 0. The SMILES string of the molecule is c1ccc(-c2ccc(-c3[se]c4ccccc4c3-c3ccccc3)c(-c3ccnnn3)c2-c2ccccc2)cc1. The second-order valence-corrected chi connectivity index (χ2v) is 11.5. The summed E-state index contributed by atoms with van der Waals surface area (Å²) in [4.78, 5) is 0. The van der Waals surface area contributed by atoms with Crippen molar-refractivity contribution < 1.29 is 0 Å². The summed E-state index contributed by atoms with van der Waals surface area (Å²) in [6.07, 6.45) is 1.73. The van der Waals surface area contributed by atoms with E-state index in [1.807, 2.05) is 6.07 Å². The predicted molar refractivity (Wildman–Crippen MR) is 161 cm³/mol. The van der Waals surface area contributed by atoms with Crippen LogP contribution in [0, 0.1) is 0 Å². The van der Waals surface area contributed by atoms with E-state index in [1.165, 1.54) is 41.9 Å². The molecule has 0 aliphatic carbocycles. The molecule has 0 radical (unpaired) electrons. The Kier molecular flexibility index (Phi) is 6.18. The summed E-state index contributed by atoms with van der Waals surface area (Å²) in [5, 5.41) is 14.0. The molecule has 0 fully saturated rings. The average molecular weight is 565 g/mol. The fourth-order valence-corrected chi connectivity index (χ4v) is 7.96. The van der Waals surface area contributed by atoms with Crippen molar-refractivity contribution in [2.75, 3.05) is 0 Å². The molecule has 0 spiro atoms. The molecule has 0 amide bonds. The Bertz CT molecular complexity index is 1880. The molecule has 2 heterocycles. The molecule has 0 bridgehead atoms. The first-order valence-corrected chi connectivity index (χ1v) is 14.6. The zero-order chi connectivity index (χ0) is 26.0. The minimum absolute atomic E-state index is 0.124. The molecule has 5 aromatic carbocycles. The van der Waals surface area contributed by atoms with Crippen LogP contribution < -0.4 is 0 Å². The third kappa shape index (κ3) is 4.30. The van der Waals surface area contributed by atoms with Crippen molar-refractivity contribution in [1.29, 1.82) is 0 Å². The van der Waals surface area contributed by atoms with Gasteiger partial charge in [-0.3, -0.25) is 0 Å². The van der Waals surface area contributed by atoms with Gasteiger partial charge in [0.2, 0.25) is 0 Å². The van der Waals surface area contributed by atoms with E-state index in [0.29, 0.717) is 0 Å². The van der Waals surface area contributed by atoms with Crippen LogP contribution in [-0.2, 0) is 0 Å². The Hall–Kier alpha value is -4.63. The number of benzene rings is 5. The van der Waals surface area contributed by atoms with Gasteiger partial charge in [-0.1, -0.05) is 0 Å². The molecule has 184 valence electrons. The van der Waals surface area contributed by atoms with E-state index < -0.39 is 0 Å². The van der Waals surface area contributed by atoms with E-state index in [1.54, 1.807) is 6.20 Å². The fourth-order valence-electron chi connectivity index (χ4n) is 5.32. The van der Waals surface area contributed by atoms with E-state index in [9.17, 15) is 0 Å². The van der Waals surface area contributed by atoms with E-state index >= 15 is 0 Å². The van der Waals surface area contributed by atoms with Crippen LogP contribution in [0.25, 0.3) is 64.3 Å². The molecule has 0 aliphatic rings. The Morgan fingerprint density at radius 3 is 1.72 bits per heavy atom. The van der Waals surface area contributed by atoms with Crippen molar-refractivity contribution in [3.8, 4) is 54.6 Å². The Morgan fingerprint density at radius 2 is 1.05 bits per heavy atom. The van der Waals surface area contributed by atoms with Crippen LogP contribution in [0.3, 0.4) is 0 Å². The topological polar surface area (TPSA) is 38.7 Å². The molecule has 0 saturated carbocycles. The number of rotatable bonds is 5. The second-order valence-electron chi connectivity index (χ2n) is 9.32. The molecule has 0 aliphatic heterocycles.